The summed E-state index contributed by atoms with van der Waals surface area (Å²) in [6.45, 7) is 3.98. The molecule has 0 aromatic heterocycles. The summed E-state index contributed by atoms with van der Waals surface area (Å²) < 4.78 is 10.9. The Morgan fingerprint density at radius 1 is 1.12 bits per heavy atom. The van der Waals surface area contributed by atoms with Crippen LogP contribution in [0.3, 0.4) is 0 Å². The fourth-order valence-electron chi connectivity index (χ4n) is 3.04. The van der Waals surface area contributed by atoms with Crippen molar-refractivity contribution in [3.05, 3.63) is 48.0 Å². The standard InChI is InChI=1S/C20H24N2O3/c1-15-9-10-18(19(13-15)24-2)25-14-20(23)21-16-7-3-4-8-17(16)22-11-5-6-12-22/h3-4,7-10,13H,5-6,11-12,14H2,1-2H3,(H,21,23). The van der Waals surface area contributed by atoms with E-state index in [1.165, 1.54) is 12.8 Å². The molecule has 0 saturated carbocycles. The summed E-state index contributed by atoms with van der Waals surface area (Å²) in [5.41, 5.74) is 2.98. The maximum absolute atomic E-state index is 12.3. The van der Waals surface area contributed by atoms with E-state index in [1.54, 1.807) is 7.11 Å². The van der Waals surface area contributed by atoms with Crippen molar-refractivity contribution >= 4 is 17.3 Å². The van der Waals surface area contributed by atoms with Gasteiger partial charge in [0.15, 0.2) is 18.1 Å². The average Bonchev–Trinajstić information content (AvgIpc) is 3.15. The molecule has 0 aliphatic carbocycles. The molecular weight excluding hydrogens is 316 g/mol. The van der Waals surface area contributed by atoms with E-state index in [0.29, 0.717) is 11.5 Å². The summed E-state index contributed by atoms with van der Waals surface area (Å²) in [6, 6.07) is 13.5. The Kier molecular flexibility index (Phi) is 5.43. The molecule has 3 rings (SSSR count). The van der Waals surface area contributed by atoms with Crippen molar-refractivity contribution in [2.75, 3.05) is 37.0 Å². The molecule has 25 heavy (non-hydrogen) atoms. The summed E-state index contributed by atoms with van der Waals surface area (Å²) in [5.74, 6) is 1.01. The summed E-state index contributed by atoms with van der Waals surface area (Å²) >= 11 is 0. The van der Waals surface area contributed by atoms with Gasteiger partial charge in [-0.25, -0.2) is 0 Å². The molecule has 1 amide bonds. The summed E-state index contributed by atoms with van der Waals surface area (Å²) in [7, 11) is 1.59. The molecule has 1 aliphatic rings. The van der Waals surface area contributed by atoms with Crippen LogP contribution in [-0.4, -0.2) is 32.7 Å². The number of hydrogen-bond donors (Lipinski definition) is 1. The van der Waals surface area contributed by atoms with E-state index >= 15 is 0 Å². The lowest BCUT2D eigenvalue weighted by Gasteiger charge is -2.21. The second kappa shape index (κ2) is 7.92. The van der Waals surface area contributed by atoms with Gasteiger partial charge in [-0.3, -0.25) is 4.79 Å². The lowest BCUT2D eigenvalue weighted by atomic mass is 10.2. The molecule has 1 fully saturated rings. The number of aryl methyl sites for hydroxylation is 1. The van der Waals surface area contributed by atoms with E-state index in [1.807, 2.05) is 49.4 Å². The van der Waals surface area contributed by atoms with Crippen molar-refractivity contribution in [2.45, 2.75) is 19.8 Å². The predicted molar refractivity (Wildman–Crippen MR) is 99.7 cm³/mol. The number of anilines is 2. The molecule has 0 bridgehead atoms. The summed E-state index contributed by atoms with van der Waals surface area (Å²) in [5, 5.41) is 2.96. The predicted octanol–water partition coefficient (Wildman–Crippen LogP) is 3.62. The van der Waals surface area contributed by atoms with Crippen LogP contribution >= 0.6 is 0 Å². The van der Waals surface area contributed by atoms with Crippen LogP contribution in [0, 0.1) is 6.92 Å². The first-order valence-electron chi connectivity index (χ1n) is 8.58. The zero-order valence-electron chi connectivity index (χ0n) is 14.7. The summed E-state index contributed by atoms with van der Waals surface area (Å²) in [6.07, 6.45) is 2.39. The number of ether oxygens (including phenoxy) is 2. The highest BCUT2D eigenvalue weighted by atomic mass is 16.5. The van der Waals surface area contributed by atoms with Crippen molar-refractivity contribution in [2.24, 2.45) is 0 Å². The number of methoxy groups -OCH3 is 1. The Balaban J connectivity index is 1.64. The zero-order valence-corrected chi connectivity index (χ0v) is 14.7. The van der Waals surface area contributed by atoms with E-state index in [2.05, 4.69) is 10.2 Å². The molecule has 0 spiro atoms. The third kappa shape index (κ3) is 4.24. The Bertz CT molecular complexity index is 739. The molecule has 2 aromatic carbocycles. The van der Waals surface area contributed by atoms with Crippen molar-refractivity contribution in [1.29, 1.82) is 0 Å². The van der Waals surface area contributed by atoms with Gasteiger partial charge < -0.3 is 19.7 Å². The van der Waals surface area contributed by atoms with Crippen LogP contribution in [0.5, 0.6) is 11.5 Å². The van der Waals surface area contributed by atoms with Gasteiger partial charge in [0, 0.05) is 13.1 Å². The lowest BCUT2D eigenvalue weighted by molar-refractivity contribution is -0.118. The highest BCUT2D eigenvalue weighted by Gasteiger charge is 2.17. The molecule has 1 heterocycles. The maximum atomic E-state index is 12.3. The van der Waals surface area contributed by atoms with Crippen LogP contribution in [-0.2, 0) is 4.79 Å². The number of hydrogen-bond acceptors (Lipinski definition) is 4. The van der Waals surface area contributed by atoms with Gasteiger partial charge in [-0.15, -0.1) is 0 Å². The zero-order chi connectivity index (χ0) is 17.6. The first kappa shape index (κ1) is 17.1. The molecule has 5 heteroatoms. The Morgan fingerprint density at radius 3 is 2.64 bits per heavy atom. The molecular formula is C20H24N2O3. The largest absolute Gasteiger partial charge is 0.493 e. The van der Waals surface area contributed by atoms with Crippen LogP contribution < -0.4 is 19.7 Å². The highest BCUT2D eigenvalue weighted by molar-refractivity contribution is 5.95. The minimum Gasteiger partial charge on any atom is -0.493 e. The average molecular weight is 340 g/mol. The van der Waals surface area contributed by atoms with E-state index < -0.39 is 0 Å². The van der Waals surface area contributed by atoms with Crippen LogP contribution in [0.1, 0.15) is 18.4 Å². The van der Waals surface area contributed by atoms with Gasteiger partial charge >= 0.3 is 0 Å². The van der Waals surface area contributed by atoms with Crippen molar-refractivity contribution in [1.82, 2.24) is 0 Å². The van der Waals surface area contributed by atoms with Gasteiger partial charge in [-0.05, 0) is 49.6 Å². The molecule has 0 atom stereocenters. The maximum Gasteiger partial charge on any atom is 0.262 e. The molecule has 1 saturated heterocycles. The van der Waals surface area contributed by atoms with Gasteiger partial charge in [0.25, 0.3) is 5.91 Å². The molecule has 132 valence electrons. The number of carbonyl (C=O) groups is 1. The van der Waals surface area contributed by atoms with Crippen LogP contribution in [0.15, 0.2) is 42.5 Å². The first-order chi connectivity index (χ1) is 12.2. The van der Waals surface area contributed by atoms with Gasteiger partial charge in [0.1, 0.15) is 0 Å². The quantitative estimate of drug-likeness (QED) is 0.872. The number of nitrogens with one attached hydrogen (secondary N) is 1. The van der Waals surface area contributed by atoms with Gasteiger partial charge in [-0.2, -0.15) is 0 Å². The van der Waals surface area contributed by atoms with Gasteiger partial charge in [0.05, 0.1) is 18.5 Å². The van der Waals surface area contributed by atoms with Crippen LogP contribution in [0.25, 0.3) is 0 Å². The van der Waals surface area contributed by atoms with Crippen molar-refractivity contribution in [3.8, 4) is 11.5 Å². The van der Waals surface area contributed by atoms with Crippen LogP contribution in [0.4, 0.5) is 11.4 Å². The normalized spacial score (nSPS) is 13.6. The monoisotopic (exact) mass is 340 g/mol. The van der Waals surface area contributed by atoms with E-state index in [0.717, 1.165) is 30.0 Å². The first-order valence-corrected chi connectivity index (χ1v) is 8.58. The fraction of sp³-hybridized carbons (Fsp3) is 0.350. The third-order valence-electron chi connectivity index (χ3n) is 4.30. The number of amides is 1. The Labute approximate surface area is 148 Å². The summed E-state index contributed by atoms with van der Waals surface area (Å²) in [4.78, 5) is 14.6. The number of nitrogens with zero attached hydrogens (tertiary/aromatic N) is 1. The number of para-hydroxylation sites is 2. The van der Waals surface area contributed by atoms with Crippen molar-refractivity contribution in [3.63, 3.8) is 0 Å². The molecule has 1 aliphatic heterocycles. The minimum atomic E-state index is -0.186. The smallest absolute Gasteiger partial charge is 0.262 e. The molecule has 1 N–H and O–H groups in total. The number of benzene rings is 2. The third-order valence-corrected chi connectivity index (χ3v) is 4.30. The Morgan fingerprint density at radius 2 is 1.88 bits per heavy atom. The van der Waals surface area contributed by atoms with Gasteiger partial charge in [0.2, 0.25) is 0 Å². The Hall–Kier alpha value is -2.69. The second-order valence-corrected chi connectivity index (χ2v) is 6.20. The van der Waals surface area contributed by atoms with Crippen molar-refractivity contribution < 1.29 is 14.3 Å². The highest BCUT2D eigenvalue weighted by Crippen LogP contribution is 2.29. The fourth-order valence-corrected chi connectivity index (χ4v) is 3.04. The van der Waals surface area contributed by atoms with Crippen LogP contribution in [0.2, 0.25) is 0 Å². The minimum absolute atomic E-state index is 0.0618. The van der Waals surface area contributed by atoms with E-state index in [4.69, 9.17) is 9.47 Å². The van der Waals surface area contributed by atoms with Gasteiger partial charge in [-0.1, -0.05) is 18.2 Å². The van der Waals surface area contributed by atoms with E-state index in [-0.39, 0.29) is 12.5 Å². The molecule has 2 aromatic rings. The number of rotatable bonds is 6. The lowest BCUT2D eigenvalue weighted by Crippen LogP contribution is -2.24. The number of carbonyl (C=O) groups excluding carboxylic acids is 1. The van der Waals surface area contributed by atoms with E-state index in [9.17, 15) is 4.79 Å². The molecule has 5 nitrogen and oxygen atoms in total. The molecule has 0 radical (unpaired) electrons. The topological polar surface area (TPSA) is 50.8 Å². The SMILES string of the molecule is COc1cc(C)ccc1OCC(=O)Nc1ccccc1N1CCCC1. The molecule has 0 unspecified atom stereocenters. The second-order valence-electron chi connectivity index (χ2n) is 6.20.